The lowest BCUT2D eigenvalue weighted by Gasteiger charge is -2.41. The van der Waals surface area contributed by atoms with Crippen LogP contribution in [0.5, 0.6) is 0 Å². The van der Waals surface area contributed by atoms with Crippen molar-refractivity contribution in [3.63, 3.8) is 0 Å². The average molecular weight is 484 g/mol. The molecule has 174 valence electrons. The molecule has 2 aromatic carbocycles. The first-order valence-corrected chi connectivity index (χ1v) is 12.4. The summed E-state index contributed by atoms with van der Waals surface area (Å²) in [5.41, 5.74) is -3.04. The molecule has 1 fully saturated rings. The average Bonchev–Trinajstić information content (AvgIpc) is 3.32. The Morgan fingerprint density at radius 3 is 2.03 bits per heavy atom. The van der Waals surface area contributed by atoms with Gasteiger partial charge in [0.1, 0.15) is 5.76 Å². The summed E-state index contributed by atoms with van der Waals surface area (Å²) in [6.07, 6.45) is -0.288. The lowest BCUT2D eigenvalue weighted by molar-refractivity contribution is 0.128. The Hall–Kier alpha value is -4.15. The maximum absolute atomic E-state index is 13.9. The van der Waals surface area contributed by atoms with Gasteiger partial charge >= 0.3 is 0 Å². The Kier molecular flexibility index (Phi) is 6.10. The van der Waals surface area contributed by atoms with E-state index in [1.807, 2.05) is 24.3 Å². The van der Waals surface area contributed by atoms with Crippen LogP contribution in [0.2, 0.25) is 0 Å². The quantitative estimate of drug-likeness (QED) is 0.629. The largest absolute Gasteiger partial charge is 0.498 e. The number of hydrogen-bond acceptors (Lipinski definition) is 7. The van der Waals surface area contributed by atoms with Crippen LogP contribution >= 0.6 is 0 Å². The molecule has 2 aliphatic rings. The van der Waals surface area contributed by atoms with Crippen molar-refractivity contribution in [2.75, 3.05) is 13.2 Å². The molecule has 0 bridgehead atoms. The molecule has 1 heterocycles. The Morgan fingerprint density at radius 2 is 1.51 bits per heavy atom. The number of rotatable bonds is 5. The van der Waals surface area contributed by atoms with Crippen molar-refractivity contribution >= 4 is 10.0 Å². The molecule has 2 atom stereocenters. The Labute approximate surface area is 204 Å². The number of allylic oxidation sites excluding steroid dienone is 1. The molecule has 1 saturated heterocycles. The molecule has 9 heteroatoms. The highest BCUT2D eigenvalue weighted by molar-refractivity contribution is 7.89. The molecule has 0 unspecified atom stereocenters. The van der Waals surface area contributed by atoms with Gasteiger partial charge in [-0.3, -0.25) is 0 Å². The smallest absolute Gasteiger partial charge is 0.243 e. The first kappa shape index (κ1) is 24.0. The summed E-state index contributed by atoms with van der Waals surface area (Å²) in [5, 5.41) is 40.6. The zero-order chi connectivity index (χ0) is 25.3. The molecule has 0 N–H and O–H groups in total. The topological polar surface area (TPSA) is 142 Å². The van der Waals surface area contributed by atoms with Gasteiger partial charge in [-0.15, -0.1) is 0 Å². The molecule has 35 heavy (non-hydrogen) atoms. The molecule has 0 radical (unpaired) electrons. The first-order chi connectivity index (χ1) is 16.9. The van der Waals surface area contributed by atoms with Gasteiger partial charge in [-0.05, 0) is 30.2 Å². The summed E-state index contributed by atoms with van der Waals surface area (Å²) in [5.74, 6) is -0.767. The van der Waals surface area contributed by atoms with Crippen LogP contribution in [0, 0.1) is 62.1 Å². The number of nitriles is 4. The van der Waals surface area contributed by atoms with Gasteiger partial charge in [-0.1, -0.05) is 48.5 Å². The van der Waals surface area contributed by atoms with E-state index >= 15 is 0 Å². The Bertz CT molecular complexity index is 1410. The number of hydrogen-bond donors (Lipinski definition) is 0. The van der Waals surface area contributed by atoms with Crippen molar-refractivity contribution in [3.8, 4) is 24.3 Å². The molecule has 0 amide bonds. The first-order valence-electron chi connectivity index (χ1n) is 11.0. The minimum atomic E-state index is -4.09. The van der Waals surface area contributed by atoms with E-state index in [2.05, 4.69) is 0 Å². The normalized spacial score (nSPS) is 22.7. The number of ether oxygens (including phenoxy) is 1. The zero-order valence-electron chi connectivity index (χ0n) is 18.9. The minimum Gasteiger partial charge on any atom is -0.498 e. The van der Waals surface area contributed by atoms with Crippen molar-refractivity contribution in [1.82, 2.24) is 4.31 Å². The fourth-order valence-electron chi connectivity index (χ4n) is 5.13. The van der Waals surface area contributed by atoms with Crippen LogP contribution in [-0.4, -0.2) is 25.9 Å². The van der Waals surface area contributed by atoms with E-state index in [4.69, 9.17) is 4.74 Å². The molecule has 0 spiro atoms. The molecule has 8 nitrogen and oxygen atoms in total. The van der Waals surface area contributed by atoms with E-state index in [0.717, 1.165) is 0 Å². The van der Waals surface area contributed by atoms with Gasteiger partial charge in [0, 0.05) is 18.9 Å². The van der Waals surface area contributed by atoms with Crippen LogP contribution in [0.15, 0.2) is 76.9 Å². The van der Waals surface area contributed by atoms with Crippen molar-refractivity contribution in [2.24, 2.45) is 16.7 Å². The van der Waals surface area contributed by atoms with Gasteiger partial charge in [0.2, 0.25) is 10.0 Å². The second kappa shape index (κ2) is 8.90. The summed E-state index contributed by atoms with van der Waals surface area (Å²) in [6, 6.07) is 23.7. The molecule has 4 rings (SSSR count). The minimum absolute atomic E-state index is 0.0597. The maximum atomic E-state index is 13.9. The highest BCUT2D eigenvalue weighted by Gasteiger charge is 2.68. The monoisotopic (exact) mass is 483 g/mol. The van der Waals surface area contributed by atoms with Crippen LogP contribution in [-0.2, 0) is 14.8 Å². The molecular formula is C26H21N5O3S. The van der Waals surface area contributed by atoms with Crippen LogP contribution in [0.3, 0.4) is 0 Å². The maximum Gasteiger partial charge on any atom is 0.243 e. The second-order valence-corrected chi connectivity index (χ2v) is 10.3. The van der Waals surface area contributed by atoms with E-state index in [9.17, 15) is 29.5 Å². The highest BCUT2D eigenvalue weighted by atomic mass is 32.2. The summed E-state index contributed by atoms with van der Waals surface area (Å²) < 4.78 is 34.9. The highest BCUT2D eigenvalue weighted by Crippen LogP contribution is 2.61. The van der Waals surface area contributed by atoms with E-state index in [0.29, 0.717) is 11.1 Å². The summed E-state index contributed by atoms with van der Waals surface area (Å²) in [4.78, 5) is 0.0597. The van der Waals surface area contributed by atoms with Gasteiger partial charge in [-0.25, -0.2) is 8.42 Å². The van der Waals surface area contributed by atoms with Crippen LogP contribution in [0.25, 0.3) is 0 Å². The predicted molar refractivity (Wildman–Crippen MR) is 124 cm³/mol. The van der Waals surface area contributed by atoms with Gasteiger partial charge in [0.15, 0.2) is 10.8 Å². The lowest BCUT2D eigenvalue weighted by atomic mass is 9.53. The third-order valence-corrected chi connectivity index (χ3v) is 8.63. The molecular weight excluding hydrogens is 462 g/mol. The van der Waals surface area contributed by atoms with Crippen LogP contribution in [0.4, 0.5) is 0 Å². The van der Waals surface area contributed by atoms with Crippen molar-refractivity contribution in [1.29, 1.82) is 21.0 Å². The van der Waals surface area contributed by atoms with Crippen molar-refractivity contribution in [2.45, 2.75) is 24.3 Å². The van der Waals surface area contributed by atoms with Gasteiger partial charge in [-0.2, -0.15) is 25.4 Å². The van der Waals surface area contributed by atoms with Gasteiger partial charge in [0.25, 0.3) is 0 Å². The van der Waals surface area contributed by atoms with E-state index < -0.39 is 32.8 Å². The van der Waals surface area contributed by atoms with E-state index in [1.54, 1.807) is 55.5 Å². The SMILES string of the molecule is CCOC1=C2[C@H](c3ccccc3)N(S(=O)(=O)c3ccccc3)C[C@H]2C(C#N)(C#N)C(C#N)(C#N)C1. The lowest BCUT2D eigenvalue weighted by Crippen LogP contribution is -2.49. The zero-order valence-corrected chi connectivity index (χ0v) is 19.7. The standard InChI is InChI=1S/C26H21N5O3S/c1-2-34-22-13-25(15-27,16-28)26(17-29,18-30)21-14-31(35(32,33)20-11-7-4-8-12-20)24(23(21)22)19-9-5-3-6-10-19/h3-12,21,24H,2,13-14H2,1H3/t21-,24+/m1/s1. The summed E-state index contributed by atoms with van der Waals surface area (Å²) in [6.45, 7) is 1.69. The molecule has 1 aliphatic carbocycles. The number of benzene rings is 2. The Balaban J connectivity index is 2.06. The van der Waals surface area contributed by atoms with Crippen LogP contribution < -0.4 is 0 Å². The summed E-state index contributed by atoms with van der Waals surface area (Å²) >= 11 is 0. The Morgan fingerprint density at radius 1 is 0.943 bits per heavy atom. The predicted octanol–water partition coefficient (Wildman–Crippen LogP) is 3.81. The summed E-state index contributed by atoms with van der Waals surface area (Å²) in [7, 11) is -4.09. The number of sulfonamides is 1. The van der Waals surface area contributed by atoms with Gasteiger partial charge in [0.05, 0.1) is 41.8 Å². The van der Waals surface area contributed by atoms with Gasteiger partial charge < -0.3 is 4.74 Å². The molecule has 1 aliphatic heterocycles. The fourth-order valence-corrected chi connectivity index (χ4v) is 6.76. The van der Waals surface area contributed by atoms with E-state index in [1.165, 1.54) is 16.4 Å². The molecule has 0 saturated carbocycles. The van der Waals surface area contributed by atoms with Crippen molar-refractivity contribution < 1.29 is 13.2 Å². The van der Waals surface area contributed by atoms with E-state index in [-0.39, 0.29) is 30.2 Å². The van der Waals surface area contributed by atoms with Crippen molar-refractivity contribution in [3.05, 3.63) is 77.6 Å². The fraction of sp³-hybridized carbons (Fsp3) is 0.308. The molecule has 0 aromatic heterocycles. The van der Waals surface area contributed by atoms with Crippen LogP contribution in [0.1, 0.15) is 24.9 Å². The third kappa shape index (κ3) is 3.37. The third-order valence-electron chi connectivity index (χ3n) is 6.78. The second-order valence-electron chi connectivity index (χ2n) is 8.40. The number of nitrogens with zero attached hydrogens (tertiary/aromatic N) is 5. The molecule has 2 aromatic rings. The number of fused-ring (bicyclic) bond motifs is 1.